The lowest BCUT2D eigenvalue weighted by Gasteiger charge is -2.35. The van der Waals surface area contributed by atoms with Crippen molar-refractivity contribution < 1.29 is 9.53 Å². The number of imidazole rings is 1. The molecule has 1 atom stereocenters. The molecule has 2 fully saturated rings. The second kappa shape index (κ2) is 7.14. The van der Waals surface area contributed by atoms with Crippen LogP contribution in [0.1, 0.15) is 18.7 Å². The topological polar surface area (TPSA) is 50.6 Å². The van der Waals surface area contributed by atoms with Crippen LogP contribution in [0.3, 0.4) is 0 Å². The highest BCUT2D eigenvalue weighted by Crippen LogP contribution is 2.17. The van der Waals surface area contributed by atoms with Crippen LogP contribution >= 0.6 is 0 Å². The lowest BCUT2D eigenvalue weighted by atomic mass is 10.2. The SMILES string of the molecule is Cc1nc2ccccc2n1CC(=O)N1CCN(C[C@@H]2CCCO2)CC1. The summed E-state index contributed by atoms with van der Waals surface area (Å²) < 4.78 is 7.75. The van der Waals surface area contributed by atoms with Crippen LogP contribution in [0, 0.1) is 6.92 Å². The molecule has 1 aromatic carbocycles. The molecule has 2 aliphatic rings. The third-order valence-corrected chi connectivity index (χ3v) is 5.35. The van der Waals surface area contributed by atoms with Crippen molar-refractivity contribution in [2.45, 2.75) is 32.4 Å². The summed E-state index contributed by atoms with van der Waals surface area (Å²) >= 11 is 0. The number of aromatic nitrogens is 2. The third-order valence-electron chi connectivity index (χ3n) is 5.35. The van der Waals surface area contributed by atoms with E-state index in [1.807, 2.05) is 40.7 Å². The first-order valence-corrected chi connectivity index (χ1v) is 9.24. The highest BCUT2D eigenvalue weighted by molar-refractivity contribution is 5.81. The van der Waals surface area contributed by atoms with Crippen molar-refractivity contribution in [3.8, 4) is 0 Å². The smallest absolute Gasteiger partial charge is 0.242 e. The van der Waals surface area contributed by atoms with Crippen LogP contribution < -0.4 is 0 Å². The Bertz CT molecular complexity index is 743. The molecule has 25 heavy (non-hydrogen) atoms. The van der Waals surface area contributed by atoms with E-state index in [4.69, 9.17) is 4.74 Å². The van der Waals surface area contributed by atoms with Gasteiger partial charge >= 0.3 is 0 Å². The molecular formula is C19H26N4O2. The van der Waals surface area contributed by atoms with Gasteiger partial charge in [-0.3, -0.25) is 9.69 Å². The zero-order valence-electron chi connectivity index (χ0n) is 14.9. The Labute approximate surface area is 148 Å². The predicted molar refractivity (Wildman–Crippen MR) is 96.5 cm³/mol. The highest BCUT2D eigenvalue weighted by atomic mass is 16.5. The molecule has 6 heteroatoms. The Morgan fingerprint density at radius 2 is 2.04 bits per heavy atom. The van der Waals surface area contributed by atoms with Crippen molar-refractivity contribution in [1.29, 1.82) is 0 Å². The van der Waals surface area contributed by atoms with Gasteiger partial charge in [0.05, 0.1) is 17.1 Å². The van der Waals surface area contributed by atoms with Crippen LogP contribution in [0.4, 0.5) is 0 Å². The van der Waals surface area contributed by atoms with Crippen molar-refractivity contribution in [1.82, 2.24) is 19.4 Å². The Kier molecular flexibility index (Phi) is 4.72. The van der Waals surface area contributed by atoms with E-state index in [0.29, 0.717) is 12.6 Å². The molecule has 0 unspecified atom stereocenters. The highest BCUT2D eigenvalue weighted by Gasteiger charge is 2.25. The molecule has 3 heterocycles. The Hall–Kier alpha value is -1.92. The second-order valence-electron chi connectivity index (χ2n) is 7.05. The third kappa shape index (κ3) is 3.55. The first kappa shape index (κ1) is 16.5. The van der Waals surface area contributed by atoms with E-state index in [0.717, 1.165) is 56.2 Å². The fraction of sp³-hybridized carbons (Fsp3) is 0.579. The van der Waals surface area contributed by atoms with E-state index in [1.165, 1.54) is 12.8 Å². The molecule has 2 aromatic rings. The van der Waals surface area contributed by atoms with Crippen molar-refractivity contribution in [2.75, 3.05) is 39.3 Å². The van der Waals surface area contributed by atoms with Gasteiger partial charge in [-0.25, -0.2) is 4.98 Å². The number of para-hydroxylation sites is 2. The molecule has 2 aliphatic heterocycles. The first-order chi connectivity index (χ1) is 12.2. The Morgan fingerprint density at radius 3 is 2.80 bits per heavy atom. The van der Waals surface area contributed by atoms with E-state index < -0.39 is 0 Å². The lowest BCUT2D eigenvalue weighted by Crippen LogP contribution is -2.51. The molecule has 0 bridgehead atoms. The fourth-order valence-corrected chi connectivity index (χ4v) is 3.89. The van der Waals surface area contributed by atoms with Crippen LogP contribution in [0.15, 0.2) is 24.3 Å². The Morgan fingerprint density at radius 1 is 1.24 bits per heavy atom. The summed E-state index contributed by atoms with van der Waals surface area (Å²) in [5.74, 6) is 1.08. The van der Waals surface area contributed by atoms with Gasteiger partial charge in [-0.15, -0.1) is 0 Å². The molecular weight excluding hydrogens is 316 g/mol. The van der Waals surface area contributed by atoms with Gasteiger partial charge in [0.1, 0.15) is 12.4 Å². The van der Waals surface area contributed by atoms with Crippen LogP contribution in [-0.4, -0.2) is 70.7 Å². The van der Waals surface area contributed by atoms with Gasteiger partial charge in [0.15, 0.2) is 0 Å². The summed E-state index contributed by atoms with van der Waals surface area (Å²) in [5, 5.41) is 0. The van der Waals surface area contributed by atoms with Crippen molar-refractivity contribution in [3.05, 3.63) is 30.1 Å². The number of benzene rings is 1. The summed E-state index contributed by atoms with van der Waals surface area (Å²) in [4.78, 5) is 21.7. The van der Waals surface area contributed by atoms with Crippen molar-refractivity contribution in [3.63, 3.8) is 0 Å². The van der Waals surface area contributed by atoms with E-state index in [2.05, 4.69) is 9.88 Å². The predicted octanol–water partition coefficient (Wildman–Crippen LogP) is 1.67. The van der Waals surface area contributed by atoms with E-state index >= 15 is 0 Å². The molecule has 0 aliphatic carbocycles. The minimum absolute atomic E-state index is 0.183. The summed E-state index contributed by atoms with van der Waals surface area (Å²) in [6.45, 7) is 7.73. The number of aryl methyl sites for hydroxylation is 1. The van der Waals surface area contributed by atoms with Gasteiger partial charge in [-0.05, 0) is 31.9 Å². The van der Waals surface area contributed by atoms with E-state index in [9.17, 15) is 4.79 Å². The number of hydrogen-bond donors (Lipinski definition) is 0. The Balaban J connectivity index is 1.35. The average molecular weight is 342 g/mol. The molecule has 0 saturated carbocycles. The molecule has 0 N–H and O–H groups in total. The van der Waals surface area contributed by atoms with Gasteiger partial charge < -0.3 is 14.2 Å². The van der Waals surface area contributed by atoms with Gasteiger partial charge in [-0.2, -0.15) is 0 Å². The molecule has 134 valence electrons. The minimum Gasteiger partial charge on any atom is -0.377 e. The summed E-state index contributed by atoms with van der Waals surface area (Å²) in [5.41, 5.74) is 1.99. The zero-order chi connectivity index (χ0) is 17.2. The summed E-state index contributed by atoms with van der Waals surface area (Å²) in [7, 11) is 0. The minimum atomic E-state index is 0.183. The largest absolute Gasteiger partial charge is 0.377 e. The molecule has 6 nitrogen and oxygen atoms in total. The number of ether oxygens (including phenoxy) is 1. The maximum Gasteiger partial charge on any atom is 0.242 e. The normalized spacial score (nSPS) is 22.0. The standard InChI is InChI=1S/C19H26N4O2/c1-15-20-17-6-2-3-7-18(17)23(15)14-19(24)22-10-8-21(9-11-22)13-16-5-4-12-25-16/h2-3,6-7,16H,4-5,8-14H2,1H3/t16-/m0/s1. The number of carbonyl (C=O) groups excluding carboxylic acids is 1. The van der Waals surface area contributed by atoms with Gasteiger partial charge in [0.2, 0.25) is 5.91 Å². The number of amides is 1. The van der Waals surface area contributed by atoms with Gasteiger partial charge in [0.25, 0.3) is 0 Å². The quantitative estimate of drug-likeness (QED) is 0.848. The molecule has 0 spiro atoms. The molecule has 2 saturated heterocycles. The number of hydrogen-bond acceptors (Lipinski definition) is 4. The van der Waals surface area contributed by atoms with Gasteiger partial charge in [0, 0.05) is 39.3 Å². The number of rotatable bonds is 4. The van der Waals surface area contributed by atoms with Crippen molar-refractivity contribution >= 4 is 16.9 Å². The number of nitrogens with zero attached hydrogens (tertiary/aromatic N) is 4. The second-order valence-corrected chi connectivity index (χ2v) is 7.05. The zero-order valence-corrected chi connectivity index (χ0v) is 14.9. The van der Waals surface area contributed by atoms with Crippen molar-refractivity contribution in [2.24, 2.45) is 0 Å². The molecule has 1 amide bonds. The number of carbonyl (C=O) groups is 1. The van der Waals surface area contributed by atoms with Crippen LogP contribution in [-0.2, 0) is 16.1 Å². The monoisotopic (exact) mass is 342 g/mol. The summed E-state index contributed by atoms with van der Waals surface area (Å²) in [6, 6.07) is 8.00. The summed E-state index contributed by atoms with van der Waals surface area (Å²) in [6.07, 6.45) is 2.75. The van der Waals surface area contributed by atoms with E-state index in [1.54, 1.807) is 0 Å². The molecule has 1 aromatic heterocycles. The maximum absolute atomic E-state index is 12.7. The van der Waals surface area contributed by atoms with Crippen LogP contribution in [0.5, 0.6) is 0 Å². The lowest BCUT2D eigenvalue weighted by molar-refractivity contribution is -0.133. The van der Waals surface area contributed by atoms with Crippen LogP contribution in [0.25, 0.3) is 11.0 Å². The first-order valence-electron chi connectivity index (χ1n) is 9.24. The average Bonchev–Trinajstić information content (AvgIpc) is 3.24. The molecule has 4 rings (SSSR count). The van der Waals surface area contributed by atoms with Gasteiger partial charge in [-0.1, -0.05) is 12.1 Å². The fourth-order valence-electron chi connectivity index (χ4n) is 3.89. The van der Waals surface area contributed by atoms with E-state index in [-0.39, 0.29) is 5.91 Å². The molecule has 0 radical (unpaired) electrons. The number of piperazine rings is 1. The maximum atomic E-state index is 12.7. The number of fused-ring (bicyclic) bond motifs is 1. The van der Waals surface area contributed by atoms with Crippen LogP contribution in [0.2, 0.25) is 0 Å².